The molecule has 0 amide bonds. The van der Waals surface area contributed by atoms with Crippen LogP contribution in [-0.2, 0) is 7.05 Å². The van der Waals surface area contributed by atoms with Gasteiger partial charge in [-0.2, -0.15) is 0 Å². The maximum atomic E-state index is 4.23. The van der Waals surface area contributed by atoms with Crippen LogP contribution in [0.5, 0.6) is 0 Å². The molecule has 0 bridgehead atoms. The molecule has 0 aliphatic rings. The lowest BCUT2D eigenvalue weighted by atomic mass is 10.2. The smallest absolute Gasteiger partial charge is 0.165 e. The molecule has 0 saturated heterocycles. The van der Waals surface area contributed by atoms with Gasteiger partial charge in [0.25, 0.3) is 0 Å². The third-order valence-corrected chi connectivity index (χ3v) is 3.78. The van der Waals surface area contributed by atoms with Gasteiger partial charge in [0, 0.05) is 28.1 Å². The molecule has 0 N–H and O–H groups in total. The minimum absolute atomic E-state index is 0.935. The third-order valence-electron chi connectivity index (χ3n) is 2.81. The molecule has 4 heteroatoms. The lowest BCUT2D eigenvalue weighted by Crippen LogP contribution is -1.94. The molecule has 80 valence electrons. The number of fused-ring (bicyclic) bond motifs is 1. The summed E-state index contributed by atoms with van der Waals surface area (Å²) >= 11 is 1.75. The fourth-order valence-corrected chi connectivity index (χ4v) is 2.73. The second kappa shape index (κ2) is 3.42. The van der Waals surface area contributed by atoms with Crippen LogP contribution in [0.4, 0.5) is 0 Å². The van der Waals surface area contributed by atoms with Crippen molar-refractivity contribution in [2.24, 2.45) is 7.05 Å². The Labute approximate surface area is 97.4 Å². The maximum Gasteiger partial charge on any atom is 0.165 e. The van der Waals surface area contributed by atoms with Gasteiger partial charge in [-0.15, -0.1) is 21.5 Å². The predicted molar refractivity (Wildman–Crippen MR) is 66.6 cm³/mol. The summed E-state index contributed by atoms with van der Waals surface area (Å²) in [6.07, 6.45) is 0. The van der Waals surface area contributed by atoms with E-state index in [0.717, 1.165) is 11.6 Å². The molecule has 0 saturated carbocycles. The van der Waals surface area contributed by atoms with Crippen molar-refractivity contribution in [2.75, 3.05) is 0 Å². The summed E-state index contributed by atoms with van der Waals surface area (Å²) in [4.78, 5) is 0. The topological polar surface area (TPSA) is 30.7 Å². The van der Waals surface area contributed by atoms with Crippen LogP contribution in [0, 0.1) is 6.92 Å². The van der Waals surface area contributed by atoms with Crippen LogP contribution in [0.3, 0.4) is 0 Å². The van der Waals surface area contributed by atoms with E-state index in [1.54, 1.807) is 11.3 Å². The van der Waals surface area contributed by atoms with Gasteiger partial charge < -0.3 is 4.57 Å². The van der Waals surface area contributed by atoms with Crippen LogP contribution in [0.1, 0.15) is 5.82 Å². The summed E-state index contributed by atoms with van der Waals surface area (Å²) in [7, 11) is 2.00. The van der Waals surface area contributed by atoms with Crippen molar-refractivity contribution in [2.45, 2.75) is 6.92 Å². The summed E-state index contributed by atoms with van der Waals surface area (Å²) in [5.41, 5.74) is 1.17. The van der Waals surface area contributed by atoms with Crippen LogP contribution in [0.15, 0.2) is 29.6 Å². The van der Waals surface area contributed by atoms with E-state index in [2.05, 4.69) is 39.8 Å². The van der Waals surface area contributed by atoms with E-state index in [4.69, 9.17) is 0 Å². The molecule has 3 aromatic rings. The molecule has 3 rings (SSSR count). The van der Waals surface area contributed by atoms with Crippen LogP contribution in [0.2, 0.25) is 0 Å². The fourth-order valence-electron chi connectivity index (χ4n) is 1.79. The van der Waals surface area contributed by atoms with E-state index in [1.807, 2.05) is 18.5 Å². The van der Waals surface area contributed by atoms with Crippen LogP contribution >= 0.6 is 11.3 Å². The van der Waals surface area contributed by atoms with Gasteiger partial charge in [-0.1, -0.05) is 18.2 Å². The average molecular weight is 229 g/mol. The number of hydrogen-bond acceptors (Lipinski definition) is 3. The summed E-state index contributed by atoms with van der Waals surface area (Å²) in [6, 6.07) is 8.38. The first-order valence-corrected chi connectivity index (χ1v) is 5.98. The normalized spacial score (nSPS) is 11.1. The highest BCUT2D eigenvalue weighted by Crippen LogP contribution is 2.32. The molecule has 0 unspecified atom stereocenters. The highest BCUT2D eigenvalue weighted by molar-refractivity contribution is 7.17. The Morgan fingerprint density at radius 2 is 2.00 bits per heavy atom. The van der Waals surface area contributed by atoms with Gasteiger partial charge >= 0.3 is 0 Å². The highest BCUT2D eigenvalue weighted by atomic mass is 32.1. The number of rotatable bonds is 1. The SMILES string of the molecule is Cc1nnc(-c2csc3ccccc23)n1C. The van der Waals surface area contributed by atoms with Crippen molar-refractivity contribution in [3.63, 3.8) is 0 Å². The van der Waals surface area contributed by atoms with Crippen molar-refractivity contribution in [3.8, 4) is 11.4 Å². The van der Waals surface area contributed by atoms with E-state index < -0.39 is 0 Å². The molecular weight excluding hydrogens is 218 g/mol. The first-order chi connectivity index (χ1) is 7.77. The van der Waals surface area contributed by atoms with Gasteiger partial charge in [-0.25, -0.2) is 0 Å². The molecule has 0 spiro atoms. The van der Waals surface area contributed by atoms with E-state index in [0.29, 0.717) is 0 Å². The van der Waals surface area contributed by atoms with Crippen molar-refractivity contribution in [1.29, 1.82) is 0 Å². The second-order valence-corrected chi connectivity index (χ2v) is 4.69. The fraction of sp³-hybridized carbons (Fsp3) is 0.167. The standard InChI is InChI=1S/C12H11N3S/c1-8-13-14-12(15(8)2)10-7-16-11-6-4-3-5-9(10)11/h3-7H,1-2H3. The molecule has 0 fully saturated rings. The molecule has 0 radical (unpaired) electrons. The van der Waals surface area contributed by atoms with Gasteiger partial charge in [-0.05, 0) is 13.0 Å². The monoisotopic (exact) mass is 229 g/mol. The second-order valence-electron chi connectivity index (χ2n) is 3.78. The van der Waals surface area contributed by atoms with Gasteiger partial charge in [0.05, 0.1) is 0 Å². The predicted octanol–water partition coefficient (Wildman–Crippen LogP) is 3.01. The highest BCUT2D eigenvalue weighted by Gasteiger charge is 2.12. The first-order valence-electron chi connectivity index (χ1n) is 5.10. The third kappa shape index (κ3) is 1.27. The molecular formula is C12H11N3S. The van der Waals surface area contributed by atoms with Crippen molar-refractivity contribution in [1.82, 2.24) is 14.8 Å². The summed E-state index contributed by atoms with van der Waals surface area (Å²) in [6.45, 7) is 1.96. The van der Waals surface area contributed by atoms with Gasteiger partial charge in [0.1, 0.15) is 5.82 Å². The number of aromatic nitrogens is 3. The van der Waals surface area contributed by atoms with Crippen LogP contribution in [0.25, 0.3) is 21.5 Å². The van der Waals surface area contributed by atoms with Crippen LogP contribution < -0.4 is 0 Å². The maximum absolute atomic E-state index is 4.23. The molecule has 1 aromatic carbocycles. The minimum atomic E-state index is 0.935. The lowest BCUT2D eigenvalue weighted by Gasteiger charge is -1.99. The number of nitrogens with zero attached hydrogens (tertiary/aromatic N) is 3. The van der Waals surface area contributed by atoms with Crippen molar-refractivity contribution in [3.05, 3.63) is 35.5 Å². The van der Waals surface area contributed by atoms with E-state index in [9.17, 15) is 0 Å². The number of benzene rings is 1. The summed E-state index contributed by atoms with van der Waals surface area (Å²) in [5.74, 6) is 1.88. The van der Waals surface area contributed by atoms with E-state index in [1.165, 1.54) is 15.6 Å². The van der Waals surface area contributed by atoms with Crippen LogP contribution in [-0.4, -0.2) is 14.8 Å². The Kier molecular flexibility index (Phi) is 2.04. The van der Waals surface area contributed by atoms with Gasteiger partial charge in [-0.3, -0.25) is 0 Å². The molecule has 0 aliphatic heterocycles. The van der Waals surface area contributed by atoms with Crippen molar-refractivity contribution >= 4 is 21.4 Å². The van der Waals surface area contributed by atoms with Crippen molar-refractivity contribution < 1.29 is 0 Å². The number of thiophene rings is 1. The van der Waals surface area contributed by atoms with Gasteiger partial charge in [0.2, 0.25) is 0 Å². The molecule has 3 nitrogen and oxygen atoms in total. The van der Waals surface area contributed by atoms with E-state index in [-0.39, 0.29) is 0 Å². The first kappa shape index (κ1) is 9.54. The Bertz CT molecular complexity index is 651. The Balaban J connectivity index is 2.30. The average Bonchev–Trinajstić information content (AvgIpc) is 2.85. The van der Waals surface area contributed by atoms with Gasteiger partial charge in [0.15, 0.2) is 5.82 Å². The Morgan fingerprint density at radius 3 is 2.75 bits per heavy atom. The molecule has 16 heavy (non-hydrogen) atoms. The summed E-state index contributed by atoms with van der Waals surface area (Å²) < 4.78 is 3.31. The quantitative estimate of drug-likeness (QED) is 0.642. The Hall–Kier alpha value is -1.68. The number of hydrogen-bond donors (Lipinski definition) is 0. The zero-order chi connectivity index (χ0) is 11.1. The molecule has 0 atom stereocenters. The summed E-state index contributed by atoms with van der Waals surface area (Å²) in [5, 5.41) is 11.7. The molecule has 2 aromatic heterocycles. The largest absolute Gasteiger partial charge is 0.314 e. The minimum Gasteiger partial charge on any atom is -0.314 e. The number of aryl methyl sites for hydroxylation is 1. The lowest BCUT2D eigenvalue weighted by molar-refractivity contribution is 0.866. The molecule has 0 aliphatic carbocycles. The zero-order valence-electron chi connectivity index (χ0n) is 9.14. The Morgan fingerprint density at radius 1 is 1.19 bits per heavy atom. The zero-order valence-corrected chi connectivity index (χ0v) is 9.95. The molecule has 2 heterocycles. The van der Waals surface area contributed by atoms with E-state index >= 15 is 0 Å².